The Kier molecular flexibility index (Phi) is 8.77. The molecule has 196 valence electrons. The van der Waals surface area contributed by atoms with Crippen LogP contribution in [0, 0.1) is 5.82 Å². The lowest BCUT2D eigenvalue weighted by molar-refractivity contribution is -0.138. The fourth-order valence-corrected chi connectivity index (χ4v) is 4.18. The largest absolute Gasteiger partial charge is 0.494 e. The number of hydrogen-bond acceptors (Lipinski definition) is 4. The summed E-state index contributed by atoms with van der Waals surface area (Å²) in [6.45, 7) is 0.676. The Labute approximate surface area is 219 Å². The second-order valence-electron chi connectivity index (χ2n) is 8.72. The maximum Gasteiger partial charge on any atom is 0.323 e. The van der Waals surface area contributed by atoms with Gasteiger partial charge in [-0.2, -0.15) is 0 Å². The van der Waals surface area contributed by atoms with E-state index in [2.05, 4.69) is 0 Å². The molecule has 0 saturated carbocycles. The maximum absolute atomic E-state index is 13.5. The lowest BCUT2D eigenvalue weighted by atomic mass is 10.0. The number of fused-ring (bicyclic) bond motifs is 1. The van der Waals surface area contributed by atoms with Gasteiger partial charge in [0, 0.05) is 17.1 Å². The molecule has 0 radical (unpaired) electrons. The number of unbranched alkanes of at least 4 members (excludes halogenated alkanes) is 1. The maximum atomic E-state index is 13.5. The molecule has 4 rings (SSSR count). The van der Waals surface area contributed by atoms with Gasteiger partial charge in [-0.1, -0.05) is 48.6 Å². The van der Waals surface area contributed by atoms with Crippen LogP contribution in [-0.2, 0) is 22.6 Å². The highest BCUT2D eigenvalue weighted by Gasteiger charge is 2.15. The van der Waals surface area contributed by atoms with E-state index in [1.807, 2.05) is 48.6 Å². The summed E-state index contributed by atoms with van der Waals surface area (Å²) >= 11 is 0. The van der Waals surface area contributed by atoms with Crippen LogP contribution in [-0.4, -0.2) is 39.9 Å². The number of carboxylic acids is 2. The van der Waals surface area contributed by atoms with E-state index in [-0.39, 0.29) is 24.5 Å². The first-order valence-electron chi connectivity index (χ1n) is 12.2. The fraction of sp³-hybridized carbons (Fsp3) is 0.200. The zero-order valence-electron chi connectivity index (χ0n) is 20.7. The molecule has 0 spiro atoms. The highest BCUT2D eigenvalue weighted by atomic mass is 19.1. The lowest BCUT2D eigenvalue weighted by Gasteiger charge is -2.08. The topological polar surface area (TPSA) is 98.0 Å². The Bertz CT molecular complexity index is 1440. The van der Waals surface area contributed by atoms with E-state index in [4.69, 9.17) is 9.47 Å². The van der Waals surface area contributed by atoms with Crippen LogP contribution in [0.25, 0.3) is 23.1 Å². The smallest absolute Gasteiger partial charge is 0.323 e. The fourth-order valence-electron chi connectivity index (χ4n) is 4.18. The second-order valence-corrected chi connectivity index (χ2v) is 8.72. The summed E-state index contributed by atoms with van der Waals surface area (Å²) in [7, 11) is 0. The summed E-state index contributed by atoms with van der Waals surface area (Å²) in [6, 6.07) is 19.4. The molecule has 3 aromatic carbocycles. The molecule has 0 aliphatic carbocycles. The van der Waals surface area contributed by atoms with Crippen molar-refractivity contribution in [1.82, 2.24) is 4.57 Å². The zero-order valence-corrected chi connectivity index (χ0v) is 20.7. The molecule has 2 N–H and O–H groups in total. The number of para-hydroxylation sites is 1. The third-order valence-corrected chi connectivity index (χ3v) is 5.90. The minimum absolute atomic E-state index is 0.199. The number of nitrogens with zero attached hydrogens (tertiary/aromatic N) is 1. The first-order valence-corrected chi connectivity index (χ1v) is 12.2. The quantitative estimate of drug-likeness (QED) is 0.169. The minimum atomic E-state index is -0.997. The molecule has 0 fully saturated rings. The predicted octanol–water partition coefficient (Wildman–Crippen LogP) is 5.90. The molecule has 4 aromatic rings. The van der Waals surface area contributed by atoms with Gasteiger partial charge in [0.2, 0.25) is 0 Å². The van der Waals surface area contributed by atoms with Gasteiger partial charge in [0.15, 0.2) is 11.6 Å². The number of rotatable bonds is 13. The Balaban J connectivity index is 1.35. The minimum Gasteiger partial charge on any atom is -0.494 e. The average Bonchev–Trinajstić information content (AvgIpc) is 3.22. The number of carboxylic acid groups (broad SMARTS) is 2. The number of carbonyl (C=O) groups is 2. The summed E-state index contributed by atoms with van der Waals surface area (Å²) in [6.07, 6.45) is 6.71. The standard InChI is InChI=1S/C30H28FNO6/c31-25-7-1-2-9-27(25)38-17-4-3-16-37-24-14-11-21(12-15-24)10-13-22-6-5-8-26-30(22)23(18-28(33)34)19-32(26)20-29(35)36/h1-2,5-15,19H,3-4,16-18,20H2,(H,33,34)(H,35,36). The van der Waals surface area contributed by atoms with E-state index in [0.717, 1.165) is 35.1 Å². The van der Waals surface area contributed by atoms with Crippen LogP contribution in [0.4, 0.5) is 4.39 Å². The molecule has 38 heavy (non-hydrogen) atoms. The molecule has 0 aliphatic rings. The number of benzene rings is 3. The van der Waals surface area contributed by atoms with Gasteiger partial charge < -0.3 is 24.3 Å². The van der Waals surface area contributed by atoms with Crippen molar-refractivity contribution in [2.24, 2.45) is 0 Å². The molecule has 0 unspecified atom stereocenters. The van der Waals surface area contributed by atoms with Crippen LogP contribution in [0.5, 0.6) is 11.5 Å². The van der Waals surface area contributed by atoms with Crippen molar-refractivity contribution < 1.29 is 33.7 Å². The number of aliphatic carboxylic acids is 2. The molecule has 1 heterocycles. The first kappa shape index (κ1) is 26.5. The molecular weight excluding hydrogens is 489 g/mol. The molecule has 0 amide bonds. The number of ether oxygens (including phenoxy) is 2. The van der Waals surface area contributed by atoms with Crippen LogP contribution in [0.1, 0.15) is 29.5 Å². The molecule has 0 saturated heterocycles. The number of hydrogen-bond donors (Lipinski definition) is 2. The molecule has 0 aliphatic heterocycles. The van der Waals surface area contributed by atoms with Gasteiger partial charge in [0.25, 0.3) is 0 Å². The summed E-state index contributed by atoms with van der Waals surface area (Å²) in [5, 5.41) is 19.3. The van der Waals surface area contributed by atoms with Gasteiger partial charge in [0.1, 0.15) is 12.3 Å². The van der Waals surface area contributed by atoms with Gasteiger partial charge >= 0.3 is 11.9 Å². The summed E-state index contributed by atoms with van der Waals surface area (Å²) in [5.41, 5.74) is 2.98. The van der Waals surface area contributed by atoms with Crippen molar-refractivity contribution in [2.45, 2.75) is 25.8 Å². The van der Waals surface area contributed by atoms with Gasteiger partial charge in [-0.25, -0.2) is 4.39 Å². The van der Waals surface area contributed by atoms with E-state index in [1.165, 1.54) is 6.07 Å². The number of halogens is 1. The first-order chi connectivity index (χ1) is 18.4. The third-order valence-electron chi connectivity index (χ3n) is 5.90. The van der Waals surface area contributed by atoms with Crippen molar-refractivity contribution in [3.05, 3.63) is 95.4 Å². The van der Waals surface area contributed by atoms with E-state index >= 15 is 0 Å². The molecule has 1 aromatic heterocycles. The molecular formula is C30H28FNO6. The van der Waals surface area contributed by atoms with Gasteiger partial charge in [0.05, 0.1) is 19.6 Å². The van der Waals surface area contributed by atoms with Crippen LogP contribution >= 0.6 is 0 Å². The summed E-state index contributed by atoms with van der Waals surface area (Å²) < 4.78 is 26.3. The average molecular weight is 518 g/mol. The molecule has 0 bridgehead atoms. The van der Waals surface area contributed by atoms with Crippen LogP contribution in [0.2, 0.25) is 0 Å². The van der Waals surface area contributed by atoms with Crippen molar-refractivity contribution in [3.63, 3.8) is 0 Å². The van der Waals surface area contributed by atoms with Gasteiger partial charge in [-0.3, -0.25) is 9.59 Å². The Hall–Kier alpha value is -4.59. The molecule has 7 nitrogen and oxygen atoms in total. The normalized spacial score (nSPS) is 11.2. The summed E-state index contributed by atoms with van der Waals surface area (Å²) in [5.74, 6) is -1.36. The van der Waals surface area contributed by atoms with Crippen LogP contribution < -0.4 is 9.47 Å². The lowest BCUT2D eigenvalue weighted by Crippen LogP contribution is -2.07. The van der Waals surface area contributed by atoms with Gasteiger partial charge in [-0.05, 0) is 59.9 Å². The SMILES string of the molecule is O=C(O)Cc1cn(CC(=O)O)c2cccc(C=Cc3ccc(OCCCCOc4ccccc4F)cc3)c12. The molecule has 8 heteroatoms. The van der Waals surface area contributed by atoms with E-state index in [9.17, 15) is 24.2 Å². The van der Waals surface area contributed by atoms with Gasteiger partial charge in [-0.15, -0.1) is 0 Å². The highest BCUT2D eigenvalue weighted by Crippen LogP contribution is 2.28. The monoisotopic (exact) mass is 517 g/mol. The van der Waals surface area contributed by atoms with Crippen molar-refractivity contribution in [2.75, 3.05) is 13.2 Å². The zero-order chi connectivity index (χ0) is 26.9. The van der Waals surface area contributed by atoms with Crippen LogP contribution in [0.3, 0.4) is 0 Å². The second kappa shape index (κ2) is 12.6. The Morgan fingerprint density at radius 2 is 1.58 bits per heavy atom. The number of aromatic nitrogens is 1. The van der Waals surface area contributed by atoms with E-state index in [0.29, 0.717) is 24.3 Å². The Morgan fingerprint density at radius 3 is 2.29 bits per heavy atom. The van der Waals surface area contributed by atoms with Crippen LogP contribution in [0.15, 0.2) is 72.9 Å². The Morgan fingerprint density at radius 1 is 0.842 bits per heavy atom. The van der Waals surface area contributed by atoms with Crippen molar-refractivity contribution in [1.29, 1.82) is 0 Å². The van der Waals surface area contributed by atoms with Crippen molar-refractivity contribution >= 4 is 35.0 Å². The van der Waals surface area contributed by atoms with Crippen molar-refractivity contribution in [3.8, 4) is 11.5 Å². The predicted molar refractivity (Wildman–Crippen MR) is 143 cm³/mol. The van der Waals surface area contributed by atoms with E-state index < -0.39 is 11.9 Å². The van der Waals surface area contributed by atoms with E-state index in [1.54, 1.807) is 35.0 Å². The molecule has 0 atom stereocenters. The highest BCUT2D eigenvalue weighted by molar-refractivity contribution is 5.96. The third kappa shape index (κ3) is 7.00. The summed E-state index contributed by atoms with van der Waals surface area (Å²) in [4.78, 5) is 22.7.